The fourth-order valence-corrected chi connectivity index (χ4v) is 2.59. The predicted octanol–water partition coefficient (Wildman–Crippen LogP) is 4.65. The molecule has 0 fully saturated rings. The summed E-state index contributed by atoms with van der Waals surface area (Å²) in [6.45, 7) is 2.51. The number of hydrogen-bond acceptors (Lipinski definition) is 4. The quantitative estimate of drug-likeness (QED) is 0.374. The van der Waals surface area contributed by atoms with Crippen molar-refractivity contribution < 1.29 is 9.53 Å². The summed E-state index contributed by atoms with van der Waals surface area (Å²) in [6, 6.07) is 11.8. The summed E-state index contributed by atoms with van der Waals surface area (Å²) in [7, 11) is 0. The highest BCUT2D eigenvalue weighted by atomic mass is 16.5. The summed E-state index contributed by atoms with van der Waals surface area (Å²) >= 11 is 0. The van der Waals surface area contributed by atoms with Gasteiger partial charge in [0.25, 0.3) is 0 Å². The van der Waals surface area contributed by atoms with E-state index in [-0.39, 0.29) is 5.97 Å². The highest BCUT2D eigenvalue weighted by molar-refractivity contribution is 5.98. The SMILES string of the molecule is CCCCOC(=O)/C=C/c1c(-c2ccccc2)ncc2ccncc12. The van der Waals surface area contributed by atoms with E-state index in [4.69, 9.17) is 4.74 Å². The van der Waals surface area contributed by atoms with Crippen LogP contribution in [-0.4, -0.2) is 22.5 Å². The third-order valence-corrected chi connectivity index (χ3v) is 3.91. The molecule has 0 aliphatic heterocycles. The highest BCUT2D eigenvalue weighted by Crippen LogP contribution is 2.28. The van der Waals surface area contributed by atoms with Crippen LogP contribution in [0.5, 0.6) is 0 Å². The Morgan fingerprint density at radius 1 is 1.16 bits per heavy atom. The molecule has 0 saturated heterocycles. The van der Waals surface area contributed by atoms with Gasteiger partial charge >= 0.3 is 5.97 Å². The van der Waals surface area contributed by atoms with Crippen LogP contribution in [0.15, 0.2) is 61.1 Å². The van der Waals surface area contributed by atoms with Gasteiger partial charge in [-0.2, -0.15) is 0 Å². The van der Waals surface area contributed by atoms with Crippen LogP contribution >= 0.6 is 0 Å². The molecule has 3 rings (SSSR count). The van der Waals surface area contributed by atoms with Gasteiger partial charge in [-0.05, 0) is 18.6 Å². The van der Waals surface area contributed by atoms with E-state index in [1.165, 1.54) is 6.08 Å². The zero-order valence-electron chi connectivity index (χ0n) is 14.2. The molecular formula is C21H20N2O2. The molecule has 0 bridgehead atoms. The molecule has 0 aliphatic carbocycles. The molecule has 0 radical (unpaired) electrons. The zero-order chi connectivity index (χ0) is 17.5. The molecule has 0 amide bonds. The second-order valence-electron chi connectivity index (χ2n) is 5.70. The van der Waals surface area contributed by atoms with Crippen LogP contribution in [0, 0.1) is 0 Å². The predicted molar refractivity (Wildman–Crippen MR) is 99.9 cm³/mol. The normalized spacial score (nSPS) is 11.1. The van der Waals surface area contributed by atoms with Gasteiger partial charge < -0.3 is 4.74 Å². The smallest absolute Gasteiger partial charge is 0.330 e. The Hall–Kier alpha value is -3.01. The summed E-state index contributed by atoms with van der Waals surface area (Å²) in [4.78, 5) is 20.7. The minimum atomic E-state index is -0.339. The van der Waals surface area contributed by atoms with Crippen molar-refractivity contribution in [3.8, 4) is 11.3 Å². The van der Waals surface area contributed by atoms with Gasteiger partial charge in [0.05, 0.1) is 12.3 Å². The van der Waals surface area contributed by atoms with Crippen LogP contribution in [0.25, 0.3) is 28.1 Å². The fourth-order valence-electron chi connectivity index (χ4n) is 2.59. The van der Waals surface area contributed by atoms with Crippen LogP contribution in [0.3, 0.4) is 0 Å². The van der Waals surface area contributed by atoms with Crippen molar-refractivity contribution in [2.24, 2.45) is 0 Å². The summed E-state index contributed by atoms with van der Waals surface area (Å²) in [6.07, 6.45) is 10.5. The molecule has 3 aromatic rings. The van der Waals surface area contributed by atoms with Crippen molar-refractivity contribution in [2.75, 3.05) is 6.61 Å². The number of ether oxygens (including phenoxy) is 1. The maximum atomic E-state index is 11.9. The average Bonchev–Trinajstić information content (AvgIpc) is 2.67. The Balaban J connectivity index is 2.00. The lowest BCUT2D eigenvalue weighted by molar-refractivity contribution is -0.137. The van der Waals surface area contributed by atoms with Crippen molar-refractivity contribution in [1.82, 2.24) is 9.97 Å². The molecular weight excluding hydrogens is 312 g/mol. The van der Waals surface area contributed by atoms with Crippen LogP contribution < -0.4 is 0 Å². The van der Waals surface area contributed by atoms with E-state index < -0.39 is 0 Å². The maximum absolute atomic E-state index is 11.9. The molecule has 2 heterocycles. The van der Waals surface area contributed by atoms with Gasteiger partial charge in [0, 0.05) is 46.6 Å². The molecule has 0 N–H and O–H groups in total. The highest BCUT2D eigenvalue weighted by Gasteiger charge is 2.10. The van der Waals surface area contributed by atoms with Gasteiger partial charge in [0.2, 0.25) is 0 Å². The molecule has 0 atom stereocenters. The Morgan fingerprint density at radius 3 is 2.80 bits per heavy atom. The number of aromatic nitrogens is 2. The minimum absolute atomic E-state index is 0.339. The van der Waals surface area contributed by atoms with Crippen LogP contribution in [-0.2, 0) is 9.53 Å². The maximum Gasteiger partial charge on any atom is 0.330 e. The molecule has 25 heavy (non-hydrogen) atoms. The first kappa shape index (κ1) is 16.8. The lowest BCUT2D eigenvalue weighted by atomic mass is 10.0. The molecule has 0 unspecified atom stereocenters. The standard InChI is InChI=1S/C21H20N2O2/c1-2-3-13-25-20(24)10-9-18-19-15-22-12-11-17(19)14-23-21(18)16-7-5-4-6-8-16/h4-12,14-15H,2-3,13H2,1H3/b10-9+. The monoisotopic (exact) mass is 332 g/mol. The first-order valence-electron chi connectivity index (χ1n) is 8.42. The number of rotatable bonds is 6. The lowest BCUT2D eigenvalue weighted by Gasteiger charge is -2.09. The van der Waals surface area contributed by atoms with Crippen LogP contribution in [0.1, 0.15) is 25.3 Å². The Bertz CT molecular complexity index is 889. The second-order valence-corrected chi connectivity index (χ2v) is 5.70. The number of carbonyl (C=O) groups is 1. The number of pyridine rings is 2. The zero-order valence-corrected chi connectivity index (χ0v) is 14.2. The molecule has 1 aromatic carbocycles. The number of carbonyl (C=O) groups excluding carboxylic acids is 1. The summed E-state index contributed by atoms with van der Waals surface area (Å²) in [5.41, 5.74) is 2.68. The van der Waals surface area contributed by atoms with Crippen molar-refractivity contribution >= 4 is 22.8 Å². The molecule has 0 saturated carbocycles. The Kier molecular flexibility index (Phi) is 5.52. The molecule has 0 spiro atoms. The van der Waals surface area contributed by atoms with Crippen molar-refractivity contribution in [3.63, 3.8) is 0 Å². The van der Waals surface area contributed by atoms with Gasteiger partial charge in [0.15, 0.2) is 0 Å². The number of nitrogens with zero attached hydrogens (tertiary/aromatic N) is 2. The van der Waals surface area contributed by atoms with Gasteiger partial charge in [-0.3, -0.25) is 9.97 Å². The van der Waals surface area contributed by atoms with Crippen molar-refractivity contribution in [3.05, 3.63) is 66.6 Å². The van der Waals surface area contributed by atoms with Crippen molar-refractivity contribution in [1.29, 1.82) is 0 Å². The molecule has 4 heteroatoms. The summed E-state index contributed by atoms with van der Waals surface area (Å²) in [5, 5.41) is 1.93. The summed E-state index contributed by atoms with van der Waals surface area (Å²) < 4.78 is 5.20. The topological polar surface area (TPSA) is 52.1 Å². The molecule has 0 aliphatic rings. The van der Waals surface area contributed by atoms with Gasteiger partial charge in [-0.1, -0.05) is 43.7 Å². The van der Waals surface area contributed by atoms with E-state index in [2.05, 4.69) is 16.9 Å². The lowest BCUT2D eigenvalue weighted by Crippen LogP contribution is -2.02. The Morgan fingerprint density at radius 2 is 2.00 bits per heavy atom. The first-order valence-corrected chi connectivity index (χ1v) is 8.42. The number of fused-ring (bicyclic) bond motifs is 1. The third kappa shape index (κ3) is 4.10. The van der Waals surface area contributed by atoms with Gasteiger partial charge in [0.1, 0.15) is 0 Å². The first-order chi connectivity index (χ1) is 12.3. The van der Waals surface area contributed by atoms with Crippen molar-refractivity contribution in [2.45, 2.75) is 19.8 Å². The van der Waals surface area contributed by atoms with Crippen LogP contribution in [0.4, 0.5) is 0 Å². The van der Waals surface area contributed by atoms with Crippen LogP contribution in [0.2, 0.25) is 0 Å². The van der Waals surface area contributed by atoms with Gasteiger partial charge in [-0.25, -0.2) is 4.79 Å². The number of esters is 1. The molecule has 4 nitrogen and oxygen atoms in total. The van der Waals surface area contributed by atoms with E-state index in [1.54, 1.807) is 18.5 Å². The minimum Gasteiger partial charge on any atom is -0.463 e. The number of benzene rings is 1. The van der Waals surface area contributed by atoms with E-state index in [0.717, 1.165) is 40.4 Å². The third-order valence-electron chi connectivity index (χ3n) is 3.91. The van der Waals surface area contributed by atoms with E-state index in [9.17, 15) is 4.79 Å². The second kappa shape index (κ2) is 8.20. The fraction of sp³-hybridized carbons (Fsp3) is 0.190. The Labute approximate surface area is 147 Å². The van der Waals surface area contributed by atoms with E-state index in [0.29, 0.717) is 6.61 Å². The van der Waals surface area contributed by atoms with Gasteiger partial charge in [-0.15, -0.1) is 0 Å². The summed E-state index contributed by atoms with van der Waals surface area (Å²) in [5.74, 6) is -0.339. The average molecular weight is 332 g/mol. The number of unbranched alkanes of at least 4 members (excludes halogenated alkanes) is 1. The molecule has 126 valence electrons. The largest absolute Gasteiger partial charge is 0.463 e. The van der Waals surface area contributed by atoms with E-state index in [1.807, 2.05) is 42.6 Å². The molecule has 2 aromatic heterocycles. The van der Waals surface area contributed by atoms with E-state index >= 15 is 0 Å². The number of hydrogen-bond donors (Lipinski definition) is 0.